The Morgan fingerprint density at radius 1 is 0.833 bits per heavy atom. The minimum atomic E-state index is 0.409. The summed E-state index contributed by atoms with van der Waals surface area (Å²) in [5.41, 5.74) is 1.34. The van der Waals surface area contributed by atoms with Gasteiger partial charge in [0.05, 0.1) is 0 Å². The zero-order valence-electron chi connectivity index (χ0n) is 19.7. The third-order valence-electron chi connectivity index (χ3n) is 10.5. The van der Waals surface area contributed by atoms with Crippen molar-refractivity contribution in [2.24, 2.45) is 34.5 Å². The summed E-state index contributed by atoms with van der Waals surface area (Å²) in [5, 5.41) is 0. The molecule has 0 heterocycles. The predicted molar refractivity (Wildman–Crippen MR) is 128 cm³/mol. The Morgan fingerprint density at radius 3 is 2.00 bits per heavy atom. The number of rotatable bonds is 9. The van der Waals surface area contributed by atoms with Crippen molar-refractivity contribution in [1.82, 2.24) is 0 Å². The van der Waals surface area contributed by atoms with Crippen LogP contribution in [0.4, 0.5) is 0 Å². The van der Waals surface area contributed by atoms with Crippen molar-refractivity contribution in [1.29, 1.82) is 0 Å². The molecule has 172 valence electrons. The third-order valence-corrected chi connectivity index (χ3v) is 10.8. The first-order valence-corrected chi connectivity index (χ1v) is 14.2. The maximum Gasteiger partial charge on any atom is 0.136 e. The van der Waals surface area contributed by atoms with E-state index in [0.717, 1.165) is 24.1 Å². The molecule has 0 aliphatic heterocycles. The molecule has 5 aliphatic rings. The monoisotopic (exact) mass is 434 g/mol. The van der Waals surface area contributed by atoms with E-state index in [9.17, 15) is 4.79 Å². The summed E-state index contributed by atoms with van der Waals surface area (Å²) in [6, 6.07) is 0. The standard InChI is InChI=1S/C28H47ClO/c1-2-4-22-5-9-24(10-6-22)26(30)21-23-7-11-25(12-8-23)28-17-14-27(15-18-28,16-19-28)13-3-20-29/h22-25H,2-21H2,1H3/t22?,23-,24?,25-,27?,28?. The number of hydrogen-bond donors (Lipinski definition) is 0. The highest BCUT2D eigenvalue weighted by molar-refractivity contribution is 6.17. The minimum Gasteiger partial charge on any atom is -0.299 e. The molecule has 5 fully saturated rings. The Kier molecular flexibility index (Phi) is 7.92. The molecule has 5 aliphatic carbocycles. The third kappa shape index (κ3) is 5.13. The fourth-order valence-electron chi connectivity index (χ4n) is 8.33. The molecule has 0 spiro atoms. The van der Waals surface area contributed by atoms with E-state index in [1.54, 1.807) is 0 Å². The molecule has 0 radical (unpaired) electrons. The Labute approximate surface area is 191 Å². The number of hydrogen-bond acceptors (Lipinski definition) is 1. The van der Waals surface area contributed by atoms with Gasteiger partial charge < -0.3 is 0 Å². The van der Waals surface area contributed by atoms with Gasteiger partial charge in [0.25, 0.3) is 0 Å². The number of halogens is 1. The summed E-state index contributed by atoms with van der Waals surface area (Å²) >= 11 is 6.00. The first kappa shape index (κ1) is 23.1. The van der Waals surface area contributed by atoms with Gasteiger partial charge >= 0.3 is 0 Å². The Hall–Kier alpha value is -0.0400. The SMILES string of the molecule is CCCC1CCC(C(=O)C[C@H]2CC[C@H](C34CCC(CCCCl)(CC3)CC4)CC2)CC1. The zero-order chi connectivity index (χ0) is 21.0. The van der Waals surface area contributed by atoms with Crippen molar-refractivity contribution in [2.75, 3.05) is 5.88 Å². The Morgan fingerprint density at radius 2 is 1.43 bits per heavy atom. The van der Waals surface area contributed by atoms with Crippen LogP contribution < -0.4 is 0 Å². The fraction of sp³-hybridized carbons (Fsp3) is 0.964. The topological polar surface area (TPSA) is 17.1 Å². The summed E-state index contributed by atoms with van der Waals surface area (Å²) in [7, 11) is 0. The Bertz CT molecular complexity index is 528. The van der Waals surface area contributed by atoms with E-state index in [0.29, 0.717) is 28.4 Å². The number of fused-ring (bicyclic) bond motifs is 3. The molecule has 0 atom stereocenters. The van der Waals surface area contributed by atoms with Gasteiger partial charge in [0.2, 0.25) is 0 Å². The highest BCUT2D eigenvalue weighted by Gasteiger charge is 2.51. The lowest BCUT2D eigenvalue weighted by atomic mass is 9.47. The zero-order valence-corrected chi connectivity index (χ0v) is 20.5. The fourth-order valence-corrected chi connectivity index (χ4v) is 8.47. The van der Waals surface area contributed by atoms with Gasteiger partial charge in [-0.15, -0.1) is 11.6 Å². The molecule has 5 saturated carbocycles. The van der Waals surface area contributed by atoms with Gasteiger partial charge in [-0.25, -0.2) is 0 Å². The second-order valence-electron chi connectivity index (χ2n) is 12.0. The smallest absolute Gasteiger partial charge is 0.136 e. The average Bonchev–Trinajstić information content (AvgIpc) is 2.80. The van der Waals surface area contributed by atoms with Gasteiger partial charge in [-0.2, -0.15) is 0 Å². The van der Waals surface area contributed by atoms with Crippen LogP contribution in [0.15, 0.2) is 0 Å². The number of carbonyl (C=O) groups is 1. The average molecular weight is 435 g/mol. The second-order valence-corrected chi connectivity index (χ2v) is 12.4. The molecule has 0 aromatic heterocycles. The maximum absolute atomic E-state index is 13.0. The lowest BCUT2D eigenvalue weighted by molar-refractivity contribution is -0.125. The van der Waals surface area contributed by atoms with Crippen LogP contribution in [0.1, 0.15) is 129 Å². The van der Waals surface area contributed by atoms with E-state index in [1.807, 2.05) is 0 Å². The number of Topliss-reactive ketones (excluding diaryl/α,β-unsaturated/α-hetero) is 1. The van der Waals surface area contributed by atoms with Crippen LogP contribution in [0.2, 0.25) is 0 Å². The van der Waals surface area contributed by atoms with Gasteiger partial charge in [0, 0.05) is 18.2 Å². The van der Waals surface area contributed by atoms with E-state index in [1.165, 1.54) is 116 Å². The summed E-state index contributed by atoms with van der Waals surface area (Å²) < 4.78 is 0. The summed E-state index contributed by atoms with van der Waals surface area (Å²) in [5.74, 6) is 4.45. The highest BCUT2D eigenvalue weighted by atomic mass is 35.5. The van der Waals surface area contributed by atoms with Crippen molar-refractivity contribution >= 4 is 17.4 Å². The van der Waals surface area contributed by atoms with E-state index in [-0.39, 0.29) is 0 Å². The number of carbonyl (C=O) groups excluding carboxylic acids is 1. The van der Waals surface area contributed by atoms with E-state index < -0.39 is 0 Å². The normalized spacial score (nSPS) is 41.7. The lowest BCUT2D eigenvalue weighted by Crippen LogP contribution is -2.46. The molecular weight excluding hydrogens is 388 g/mol. The number of ketones is 1. The molecule has 0 unspecified atom stereocenters. The van der Waals surface area contributed by atoms with E-state index >= 15 is 0 Å². The van der Waals surface area contributed by atoms with Gasteiger partial charge in [0.1, 0.15) is 5.78 Å². The van der Waals surface area contributed by atoms with E-state index in [4.69, 9.17) is 11.6 Å². The van der Waals surface area contributed by atoms with Crippen LogP contribution in [0, 0.1) is 34.5 Å². The van der Waals surface area contributed by atoms with Crippen LogP contribution in [0.3, 0.4) is 0 Å². The molecule has 0 saturated heterocycles. The largest absolute Gasteiger partial charge is 0.299 e. The molecule has 0 N–H and O–H groups in total. The summed E-state index contributed by atoms with van der Waals surface area (Å²) in [6.45, 7) is 2.30. The van der Waals surface area contributed by atoms with Crippen LogP contribution in [-0.2, 0) is 4.79 Å². The maximum atomic E-state index is 13.0. The Balaban J connectivity index is 1.20. The van der Waals surface area contributed by atoms with Crippen LogP contribution in [0.5, 0.6) is 0 Å². The molecular formula is C28H47ClO. The summed E-state index contributed by atoms with van der Waals surface area (Å²) in [4.78, 5) is 13.0. The predicted octanol–water partition coefficient (Wildman–Crippen LogP) is 8.72. The molecule has 5 rings (SSSR count). The highest BCUT2D eigenvalue weighted by Crippen LogP contribution is 2.63. The van der Waals surface area contributed by atoms with Gasteiger partial charge in [-0.05, 0) is 131 Å². The first-order chi connectivity index (χ1) is 14.6. The van der Waals surface area contributed by atoms with Gasteiger partial charge in [0.15, 0.2) is 0 Å². The quantitative estimate of drug-likeness (QED) is 0.331. The summed E-state index contributed by atoms with van der Waals surface area (Å²) in [6.07, 6.45) is 25.6. The molecule has 0 amide bonds. The van der Waals surface area contributed by atoms with Crippen LogP contribution >= 0.6 is 11.6 Å². The van der Waals surface area contributed by atoms with Crippen molar-refractivity contribution < 1.29 is 4.79 Å². The van der Waals surface area contributed by atoms with Gasteiger partial charge in [-0.3, -0.25) is 4.79 Å². The lowest BCUT2D eigenvalue weighted by Gasteiger charge is -2.58. The van der Waals surface area contributed by atoms with Crippen molar-refractivity contribution in [3.63, 3.8) is 0 Å². The van der Waals surface area contributed by atoms with Crippen molar-refractivity contribution in [3.05, 3.63) is 0 Å². The molecule has 0 aromatic rings. The molecule has 1 nitrogen and oxygen atoms in total. The van der Waals surface area contributed by atoms with Crippen molar-refractivity contribution in [2.45, 2.75) is 129 Å². The van der Waals surface area contributed by atoms with E-state index in [2.05, 4.69) is 6.92 Å². The minimum absolute atomic E-state index is 0.409. The second kappa shape index (κ2) is 10.3. The number of alkyl halides is 1. The van der Waals surface area contributed by atoms with Crippen LogP contribution in [0.25, 0.3) is 0 Å². The first-order valence-electron chi connectivity index (χ1n) is 13.7. The van der Waals surface area contributed by atoms with Crippen LogP contribution in [-0.4, -0.2) is 11.7 Å². The van der Waals surface area contributed by atoms with Crippen molar-refractivity contribution in [3.8, 4) is 0 Å². The molecule has 30 heavy (non-hydrogen) atoms. The molecule has 2 heteroatoms. The molecule has 2 bridgehead atoms. The van der Waals surface area contributed by atoms with Gasteiger partial charge in [-0.1, -0.05) is 19.8 Å². The molecule has 0 aromatic carbocycles.